The van der Waals surface area contributed by atoms with Crippen molar-refractivity contribution in [2.24, 2.45) is 0 Å². The maximum absolute atomic E-state index is 5.83. The first-order valence-electron chi connectivity index (χ1n) is 10.5. The lowest BCUT2D eigenvalue weighted by molar-refractivity contribution is -0.0704. The van der Waals surface area contributed by atoms with Gasteiger partial charge in [0.25, 0.3) is 0 Å². The minimum atomic E-state index is 0.295. The van der Waals surface area contributed by atoms with Gasteiger partial charge in [0.1, 0.15) is 5.82 Å². The summed E-state index contributed by atoms with van der Waals surface area (Å²) in [7, 11) is 0. The van der Waals surface area contributed by atoms with Crippen molar-refractivity contribution in [2.75, 3.05) is 18.4 Å². The van der Waals surface area contributed by atoms with Crippen LogP contribution in [-0.4, -0.2) is 49.9 Å². The molecule has 1 N–H and O–H groups in total. The second kappa shape index (κ2) is 8.93. The van der Waals surface area contributed by atoms with E-state index in [9.17, 15) is 0 Å². The SMILES string of the molecule is Cc1cc(C)n(-c2cncc(NCc3ccc(CN4CC(C)OC(C)C4)cc3)n2)n1. The number of nitrogens with one attached hydrogen (secondary N) is 1. The van der Waals surface area contributed by atoms with Crippen molar-refractivity contribution >= 4 is 5.82 Å². The number of nitrogens with zero attached hydrogens (tertiary/aromatic N) is 5. The van der Waals surface area contributed by atoms with Gasteiger partial charge in [0.05, 0.1) is 30.3 Å². The van der Waals surface area contributed by atoms with Gasteiger partial charge < -0.3 is 10.1 Å². The third-order valence-corrected chi connectivity index (χ3v) is 5.25. The lowest BCUT2D eigenvalue weighted by Gasteiger charge is -2.35. The van der Waals surface area contributed by atoms with Crippen LogP contribution >= 0.6 is 0 Å². The highest BCUT2D eigenvalue weighted by atomic mass is 16.5. The van der Waals surface area contributed by atoms with E-state index in [0.717, 1.165) is 42.7 Å². The summed E-state index contributed by atoms with van der Waals surface area (Å²) in [5.41, 5.74) is 4.54. The van der Waals surface area contributed by atoms with Crippen LogP contribution in [-0.2, 0) is 17.8 Å². The lowest BCUT2D eigenvalue weighted by Crippen LogP contribution is -2.44. The van der Waals surface area contributed by atoms with E-state index >= 15 is 0 Å². The summed E-state index contributed by atoms with van der Waals surface area (Å²) in [6.45, 7) is 11.9. The Kier molecular flexibility index (Phi) is 6.11. The highest BCUT2D eigenvalue weighted by Gasteiger charge is 2.21. The van der Waals surface area contributed by atoms with Gasteiger partial charge in [-0.05, 0) is 44.9 Å². The van der Waals surface area contributed by atoms with Crippen LogP contribution < -0.4 is 5.32 Å². The molecule has 0 aliphatic carbocycles. The first-order chi connectivity index (χ1) is 14.5. The molecule has 1 fully saturated rings. The summed E-state index contributed by atoms with van der Waals surface area (Å²) in [5, 5.41) is 7.85. The van der Waals surface area contributed by atoms with Gasteiger partial charge in [-0.1, -0.05) is 24.3 Å². The predicted octanol–water partition coefficient (Wildman–Crippen LogP) is 3.50. The maximum Gasteiger partial charge on any atom is 0.174 e. The van der Waals surface area contributed by atoms with Crippen LogP contribution in [0.15, 0.2) is 42.7 Å². The molecule has 7 heteroatoms. The molecule has 2 atom stereocenters. The number of rotatable bonds is 6. The van der Waals surface area contributed by atoms with Crippen LogP contribution in [0.4, 0.5) is 5.82 Å². The van der Waals surface area contributed by atoms with E-state index in [1.165, 1.54) is 11.1 Å². The highest BCUT2D eigenvalue weighted by Crippen LogP contribution is 2.16. The Balaban J connectivity index is 1.35. The van der Waals surface area contributed by atoms with E-state index < -0.39 is 0 Å². The van der Waals surface area contributed by atoms with Gasteiger partial charge in [-0.3, -0.25) is 9.88 Å². The number of morpholine rings is 1. The molecular weight excluding hydrogens is 376 g/mol. The summed E-state index contributed by atoms with van der Waals surface area (Å²) in [6.07, 6.45) is 4.06. The minimum Gasteiger partial charge on any atom is -0.373 e. The molecule has 0 amide bonds. The molecule has 3 aromatic rings. The second-order valence-electron chi connectivity index (χ2n) is 8.22. The smallest absolute Gasteiger partial charge is 0.174 e. The largest absolute Gasteiger partial charge is 0.373 e. The molecule has 1 saturated heterocycles. The number of hydrogen-bond donors (Lipinski definition) is 1. The molecule has 4 rings (SSSR count). The summed E-state index contributed by atoms with van der Waals surface area (Å²) in [6, 6.07) is 10.8. The number of aryl methyl sites for hydroxylation is 2. The molecule has 0 radical (unpaired) electrons. The van der Waals surface area contributed by atoms with Crippen molar-refractivity contribution in [3.8, 4) is 5.82 Å². The molecule has 0 spiro atoms. The molecule has 2 unspecified atom stereocenters. The van der Waals surface area contributed by atoms with E-state index in [1.807, 2.05) is 24.6 Å². The van der Waals surface area contributed by atoms with Crippen molar-refractivity contribution in [3.05, 3.63) is 65.2 Å². The summed E-state index contributed by atoms with van der Waals surface area (Å²) in [4.78, 5) is 11.4. The Bertz CT molecular complexity index is 974. The quantitative estimate of drug-likeness (QED) is 0.676. The van der Waals surface area contributed by atoms with Gasteiger partial charge in [-0.15, -0.1) is 0 Å². The molecule has 0 bridgehead atoms. The third kappa shape index (κ3) is 5.04. The molecule has 158 valence electrons. The zero-order chi connectivity index (χ0) is 21.1. The number of ether oxygens (including phenoxy) is 1. The number of aromatic nitrogens is 4. The fraction of sp³-hybridized carbons (Fsp3) is 0.435. The van der Waals surface area contributed by atoms with Gasteiger partial charge in [0.2, 0.25) is 0 Å². The van der Waals surface area contributed by atoms with E-state index in [4.69, 9.17) is 4.74 Å². The first kappa shape index (κ1) is 20.5. The molecule has 1 aromatic carbocycles. The van der Waals surface area contributed by atoms with Crippen LogP contribution in [0.5, 0.6) is 0 Å². The van der Waals surface area contributed by atoms with Crippen molar-refractivity contribution in [1.29, 1.82) is 0 Å². The van der Waals surface area contributed by atoms with Crippen LogP contribution in [0.25, 0.3) is 5.82 Å². The topological polar surface area (TPSA) is 68.1 Å². The van der Waals surface area contributed by atoms with Gasteiger partial charge in [0, 0.05) is 31.9 Å². The zero-order valence-corrected chi connectivity index (χ0v) is 18.2. The van der Waals surface area contributed by atoms with Gasteiger partial charge >= 0.3 is 0 Å². The molecule has 1 aliphatic rings. The summed E-state index contributed by atoms with van der Waals surface area (Å²) in [5.74, 6) is 1.45. The molecule has 30 heavy (non-hydrogen) atoms. The van der Waals surface area contributed by atoms with Crippen LogP contribution in [0.2, 0.25) is 0 Å². The highest BCUT2D eigenvalue weighted by molar-refractivity contribution is 5.38. The van der Waals surface area contributed by atoms with Crippen molar-refractivity contribution in [3.63, 3.8) is 0 Å². The second-order valence-corrected chi connectivity index (χ2v) is 8.22. The molecule has 3 heterocycles. The molecule has 1 aliphatic heterocycles. The fourth-order valence-electron chi connectivity index (χ4n) is 4.03. The Morgan fingerprint density at radius 2 is 1.73 bits per heavy atom. The van der Waals surface area contributed by atoms with Gasteiger partial charge in [-0.25, -0.2) is 9.67 Å². The predicted molar refractivity (Wildman–Crippen MR) is 118 cm³/mol. The van der Waals surface area contributed by atoms with Crippen molar-refractivity contribution in [1.82, 2.24) is 24.6 Å². The Hall–Kier alpha value is -2.77. The number of hydrogen-bond acceptors (Lipinski definition) is 6. The van der Waals surface area contributed by atoms with E-state index in [2.05, 4.69) is 63.4 Å². The van der Waals surface area contributed by atoms with Gasteiger partial charge in [0.15, 0.2) is 5.82 Å². The third-order valence-electron chi connectivity index (χ3n) is 5.25. The normalized spacial score (nSPS) is 19.7. The first-order valence-corrected chi connectivity index (χ1v) is 10.5. The zero-order valence-electron chi connectivity index (χ0n) is 18.2. The van der Waals surface area contributed by atoms with Crippen LogP contribution in [0, 0.1) is 13.8 Å². The van der Waals surface area contributed by atoms with Crippen LogP contribution in [0.3, 0.4) is 0 Å². The monoisotopic (exact) mass is 406 g/mol. The minimum absolute atomic E-state index is 0.295. The average molecular weight is 407 g/mol. The van der Waals surface area contributed by atoms with Crippen molar-refractivity contribution < 1.29 is 4.74 Å². The average Bonchev–Trinajstić information content (AvgIpc) is 3.05. The van der Waals surface area contributed by atoms with E-state index in [1.54, 1.807) is 12.4 Å². The summed E-state index contributed by atoms with van der Waals surface area (Å²) < 4.78 is 7.64. The fourth-order valence-corrected chi connectivity index (χ4v) is 4.03. The number of benzene rings is 1. The Labute approximate surface area is 178 Å². The van der Waals surface area contributed by atoms with Crippen LogP contribution in [0.1, 0.15) is 36.4 Å². The lowest BCUT2D eigenvalue weighted by atomic mass is 10.1. The maximum atomic E-state index is 5.83. The molecule has 7 nitrogen and oxygen atoms in total. The number of anilines is 1. The van der Waals surface area contributed by atoms with E-state index in [0.29, 0.717) is 18.8 Å². The van der Waals surface area contributed by atoms with Gasteiger partial charge in [-0.2, -0.15) is 5.10 Å². The van der Waals surface area contributed by atoms with Crippen molar-refractivity contribution in [2.45, 2.75) is 53.0 Å². The Morgan fingerprint density at radius 1 is 1.03 bits per heavy atom. The molecular formula is C23H30N6O. The van der Waals surface area contributed by atoms with E-state index in [-0.39, 0.29) is 0 Å². The molecule has 0 saturated carbocycles. The summed E-state index contributed by atoms with van der Waals surface area (Å²) >= 11 is 0. The Morgan fingerprint density at radius 3 is 2.40 bits per heavy atom. The molecule has 2 aromatic heterocycles. The standard InChI is InChI=1S/C23H30N6O/c1-16-9-17(2)29(27-16)23-12-24-11-22(26-23)25-10-20-5-7-21(8-6-20)15-28-13-18(3)30-19(4)14-28/h5-9,11-12,18-19H,10,13-15H2,1-4H3,(H,25,26).